The number of anilines is 1. The summed E-state index contributed by atoms with van der Waals surface area (Å²) in [5, 5.41) is 17.0. The first-order valence-corrected chi connectivity index (χ1v) is 5.92. The zero-order valence-electron chi connectivity index (χ0n) is 8.73. The number of alkyl halides is 1. The summed E-state index contributed by atoms with van der Waals surface area (Å²) in [6.07, 6.45) is -1.58. The molecule has 8 heteroatoms. The van der Waals surface area contributed by atoms with Crippen molar-refractivity contribution in [3.63, 3.8) is 0 Å². The lowest BCUT2D eigenvalue weighted by Gasteiger charge is -2.15. The number of hydrogen-bond acceptors (Lipinski definition) is 6. The van der Waals surface area contributed by atoms with Crippen LogP contribution in [0.4, 0.5) is 10.2 Å². The van der Waals surface area contributed by atoms with E-state index >= 15 is 0 Å². The Morgan fingerprint density at radius 1 is 1.65 bits per heavy atom. The van der Waals surface area contributed by atoms with Crippen molar-refractivity contribution in [2.24, 2.45) is 0 Å². The Morgan fingerprint density at radius 2 is 2.35 bits per heavy atom. The van der Waals surface area contributed by atoms with Crippen LogP contribution in [0.5, 0.6) is 0 Å². The van der Waals surface area contributed by atoms with E-state index in [1.807, 2.05) is 0 Å². The lowest BCUT2D eigenvalue weighted by atomic mass is 10.1. The summed E-state index contributed by atoms with van der Waals surface area (Å²) in [5.74, 6) is 0.0592. The smallest absolute Gasteiger partial charge is 0.350 e. The summed E-state index contributed by atoms with van der Waals surface area (Å²) < 4.78 is 14.9. The Kier molecular flexibility index (Phi) is 3.36. The van der Waals surface area contributed by atoms with Gasteiger partial charge in [-0.2, -0.15) is 4.98 Å². The summed E-state index contributed by atoms with van der Waals surface area (Å²) in [7, 11) is 0. The standard InChI is InChI=1S/C9H12FN3O3S/c10-6-7(15)4(3-14)17-8(6)13-2-1-5(11)12-9(13)16/h1-2,4,6-8,14-15H,3H2,(H2,11,12,16)/t4-,6+,7-,8?/m1/s1. The molecule has 0 saturated carbocycles. The predicted octanol–water partition coefficient (Wildman–Crippen LogP) is -0.869. The molecule has 0 spiro atoms. The van der Waals surface area contributed by atoms with Crippen LogP contribution in [0, 0.1) is 0 Å². The van der Waals surface area contributed by atoms with Crippen LogP contribution in [-0.2, 0) is 0 Å². The van der Waals surface area contributed by atoms with Gasteiger partial charge in [0.15, 0.2) is 6.17 Å². The van der Waals surface area contributed by atoms with Crippen LogP contribution in [-0.4, -0.2) is 43.9 Å². The minimum atomic E-state index is -1.62. The molecule has 0 aliphatic carbocycles. The normalized spacial score (nSPS) is 32.9. The highest BCUT2D eigenvalue weighted by atomic mass is 32.2. The van der Waals surface area contributed by atoms with E-state index < -0.39 is 28.6 Å². The minimum Gasteiger partial charge on any atom is -0.395 e. The molecule has 94 valence electrons. The van der Waals surface area contributed by atoms with Gasteiger partial charge in [-0.15, -0.1) is 11.8 Å². The number of nitrogens with zero attached hydrogens (tertiary/aromatic N) is 2. The lowest BCUT2D eigenvalue weighted by Crippen LogP contribution is -2.33. The van der Waals surface area contributed by atoms with Crippen molar-refractivity contribution < 1.29 is 14.6 Å². The van der Waals surface area contributed by atoms with Gasteiger partial charge in [-0.05, 0) is 6.07 Å². The number of hydrogen-bond donors (Lipinski definition) is 3. The van der Waals surface area contributed by atoms with Gasteiger partial charge in [0, 0.05) is 6.20 Å². The molecule has 1 unspecified atom stereocenters. The Morgan fingerprint density at radius 3 is 2.88 bits per heavy atom. The number of aliphatic hydroxyl groups excluding tert-OH is 2. The molecule has 1 aliphatic heterocycles. The fourth-order valence-electron chi connectivity index (χ4n) is 1.70. The number of halogens is 1. The molecule has 0 amide bonds. The minimum absolute atomic E-state index is 0.0592. The van der Waals surface area contributed by atoms with Crippen molar-refractivity contribution in [3.8, 4) is 0 Å². The molecule has 2 rings (SSSR count). The molecule has 1 fully saturated rings. The van der Waals surface area contributed by atoms with E-state index in [0.29, 0.717) is 0 Å². The third kappa shape index (κ3) is 2.15. The molecule has 4 N–H and O–H groups in total. The molecule has 0 bridgehead atoms. The molecule has 1 saturated heterocycles. The average Bonchev–Trinajstić information content (AvgIpc) is 2.57. The van der Waals surface area contributed by atoms with Crippen LogP contribution in [0.2, 0.25) is 0 Å². The topological polar surface area (TPSA) is 101 Å². The molecule has 4 atom stereocenters. The molecule has 1 aromatic rings. The number of thioether (sulfide) groups is 1. The van der Waals surface area contributed by atoms with E-state index in [-0.39, 0.29) is 12.4 Å². The molecule has 1 aromatic heterocycles. The van der Waals surface area contributed by atoms with E-state index in [0.717, 1.165) is 16.3 Å². The average molecular weight is 261 g/mol. The maximum Gasteiger partial charge on any atom is 0.350 e. The fraction of sp³-hybridized carbons (Fsp3) is 0.556. The van der Waals surface area contributed by atoms with Crippen molar-refractivity contribution in [2.75, 3.05) is 12.3 Å². The van der Waals surface area contributed by atoms with Crippen molar-refractivity contribution >= 4 is 17.6 Å². The molecular formula is C9H12FN3O3S. The van der Waals surface area contributed by atoms with Gasteiger partial charge in [0.25, 0.3) is 0 Å². The summed E-state index contributed by atoms with van der Waals surface area (Å²) in [4.78, 5) is 15.0. The summed E-state index contributed by atoms with van der Waals surface area (Å²) >= 11 is 1.01. The number of nitrogen functional groups attached to an aromatic ring is 1. The van der Waals surface area contributed by atoms with Crippen molar-refractivity contribution in [2.45, 2.75) is 22.9 Å². The predicted molar refractivity (Wildman–Crippen MR) is 61.3 cm³/mol. The van der Waals surface area contributed by atoms with Crippen LogP contribution < -0.4 is 11.4 Å². The number of aromatic nitrogens is 2. The lowest BCUT2D eigenvalue weighted by molar-refractivity contribution is 0.0631. The number of nitrogens with two attached hydrogens (primary N) is 1. The van der Waals surface area contributed by atoms with Crippen molar-refractivity contribution in [3.05, 3.63) is 22.7 Å². The summed E-state index contributed by atoms with van der Waals surface area (Å²) in [6, 6.07) is 1.38. The number of rotatable bonds is 2. The SMILES string of the molecule is Nc1ccn(C2S[C@H](CO)[C@@H](O)[C@@H]2F)c(=O)n1. The van der Waals surface area contributed by atoms with Gasteiger partial charge in [-0.1, -0.05) is 0 Å². The van der Waals surface area contributed by atoms with Gasteiger partial charge < -0.3 is 15.9 Å². The van der Waals surface area contributed by atoms with Crippen LogP contribution >= 0.6 is 11.8 Å². The monoisotopic (exact) mass is 261 g/mol. The molecule has 1 aliphatic rings. The Labute approximate surface area is 100 Å². The van der Waals surface area contributed by atoms with Gasteiger partial charge in [-0.3, -0.25) is 4.57 Å². The molecule has 2 heterocycles. The first-order valence-electron chi connectivity index (χ1n) is 4.97. The quantitative estimate of drug-likeness (QED) is 0.640. The number of aliphatic hydroxyl groups is 2. The Balaban J connectivity index is 2.32. The Hall–Kier alpha value is -1.12. The fourth-order valence-corrected chi connectivity index (χ4v) is 3.06. The maximum atomic E-state index is 13.8. The van der Waals surface area contributed by atoms with Crippen molar-refractivity contribution in [1.82, 2.24) is 9.55 Å². The van der Waals surface area contributed by atoms with E-state index in [1.54, 1.807) is 0 Å². The highest BCUT2D eigenvalue weighted by Gasteiger charge is 2.44. The third-order valence-electron chi connectivity index (χ3n) is 2.60. The van der Waals surface area contributed by atoms with E-state index in [2.05, 4.69) is 4.98 Å². The zero-order chi connectivity index (χ0) is 12.6. The third-order valence-corrected chi connectivity index (χ3v) is 4.14. The van der Waals surface area contributed by atoms with Crippen LogP contribution in [0.1, 0.15) is 5.37 Å². The van der Waals surface area contributed by atoms with E-state index in [4.69, 9.17) is 10.8 Å². The highest BCUT2D eigenvalue weighted by Crippen LogP contribution is 2.42. The second kappa shape index (κ2) is 4.63. The van der Waals surface area contributed by atoms with Crippen LogP contribution in [0.25, 0.3) is 0 Å². The molecule has 6 nitrogen and oxygen atoms in total. The summed E-state index contributed by atoms with van der Waals surface area (Å²) in [5.41, 5.74) is 4.66. The van der Waals surface area contributed by atoms with Gasteiger partial charge >= 0.3 is 5.69 Å². The Bertz CT molecular complexity index is 469. The van der Waals surface area contributed by atoms with Crippen molar-refractivity contribution in [1.29, 1.82) is 0 Å². The molecule has 17 heavy (non-hydrogen) atoms. The van der Waals surface area contributed by atoms with Gasteiger partial charge in [0.2, 0.25) is 0 Å². The first kappa shape index (κ1) is 12.3. The highest BCUT2D eigenvalue weighted by molar-refractivity contribution is 8.00. The van der Waals surface area contributed by atoms with Crippen LogP contribution in [0.15, 0.2) is 17.1 Å². The molecular weight excluding hydrogens is 249 g/mol. The molecule has 0 radical (unpaired) electrons. The second-order valence-corrected chi connectivity index (χ2v) is 5.09. The second-order valence-electron chi connectivity index (χ2n) is 3.72. The van der Waals surface area contributed by atoms with Gasteiger partial charge in [-0.25, -0.2) is 9.18 Å². The van der Waals surface area contributed by atoms with E-state index in [9.17, 15) is 14.3 Å². The first-order chi connectivity index (χ1) is 8.04. The summed E-state index contributed by atoms with van der Waals surface area (Å²) in [6.45, 7) is -0.347. The zero-order valence-corrected chi connectivity index (χ0v) is 9.55. The van der Waals surface area contributed by atoms with Gasteiger partial charge in [0.1, 0.15) is 17.3 Å². The maximum absolute atomic E-state index is 13.8. The largest absolute Gasteiger partial charge is 0.395 e. The van der Waals surface area contributed by atoms with Crippen LogP contribution in [0.3, 0.4) is 0 Å². The van der Waals surface area contributed by atoms with Gasteiger partial charge in [0.05, 0.1) is 11.9 Å². The molecule has 0 aromatic carbocycles. The van der Waals surface area contributed by atoms with E-state index in [1.165, 1.54) is 12.3 Å².